The first-order chi connectivity index (χ1) is 12.9. The zero-order valence-corrected chi connectivity index (χ0v) is 14.4. The second-order valence-electron chi connectivity index (χ2n) is 5.81. The zero-order valence-electron chi connectivity index (χ0n) is 14.4. The molecule has 0 saturated heterocycles. The lowest BCUT2D eigenvalue weighted by Gasteiger charge is -2.31. The van der Waals surface area contributed by atoms with Gasteiger partial charge in [0.1, 0.15) is 17.2 Å². The predicted octanol–water partition coefficient (Wildman–Crippen LogP) is 2.15. The molecule has 0 amide bonds. The molecule has 9 nitrogen and oxygen atoms in total. The number of fused-ring (bicyclic) bond motifs is 1. The highest BCUT2D eigenvalue weighted by Crippen LogP contribution is 2.48. The van der Waals surface area contributed by atoms with Crippen LogP contribution in [-0.2, 0) is 14.3 Å². The Morgan fingerprint density at radius 3 is 2.44 bits per heavy atom. The number of nitro groups is 1. The largest absolute Gasteiger partial charge is 0.507 e. The van der Waals surface area contributed by atoms with E-state index in [4.69, 9.17) is 14.2 Å². The van der Waals surface area contributed by atoms with Crippen LogP contribution in [0.1, 0.15) is 17.0 Å². The molecule has 0 radical (unpaired) electrons. The van der Waals surface area contributed by atoms with Crippen LogP contribution in [0.3, 0.4) is 0 Å². The molecule has 0 spiro atoms. The highest BCUT2D eigenvalue weighted by atomic mass is 16.6. The third kappa shape index (κ3) is 3.14. The van der Waals surface area contributed by atoms with Gasteiger partial charge in [-0.3, -0.25) is 19.7 Å². The Bertz CT molecular complexity index is 922. The van der Waals surface area contributed by atoms with Gasteiger partial charge in [-0.15, -0.1) is 0 Å². The maximum atomic E-state index is 12.5. The molecule has 27 heavy (non-hydrogen) atoms. The van der Waals surface area contributed by atoms with Gasteiger partial charge in [0, 0.05) is 35.7 Å². The molecule has 1 N–H and O–H groups in total. The lowest BCUT2D eigenvalue weighted by molar-refractivity contribution is -0.384. The molecular weight excluding hydrogens is 358 g/mol. The zero-order chi connectivity index (χ0) is 19.7. The molecule has 0 aliphatic carbocycles. The number of rotatable bonds is 4. The maximum Gasteiger partial charge on any atom is 0.326 e. The number of benzene rings is 2. The summed E-state index contributed by atoms with van der Waals surface area (Å²) in [5, 5.41) is 21.4. The number of phenolic OH excluding ortho intramolecular Hbond substituents is 1. The molecule has 9 heteroatoms. The van der Waals surface area contributed by atoms with Gasteiger partial charge in [0.2, 0.25) is 0 Å². The maximum absolute atomic E-state index is 12.5. The smallest absolute Gasteiger partial charge is 0.326 e. The minimum atomic E-state index is -1.37. The predicted molar refractivity (Wildman–Crippen MR) is 90.7 cm³/mol. The molecule has 0 bridgehead atoms. The number of hydrogen-bond acceptors (Lipinski definition) is 8. The summed E-state index contributed by atoms with van der Waals surface area (Å²) in [6.07, 6.45) is 0. The number of esters is 2. The highest BCUT2D eigenvalue weighted by Gasteiger charge is 2.46. The minimum absolute atomic E-state index is 0.0420. The summed E-state index contributed by atoms with van der Waals surface area (Å²) in [5.74, 6) is -3.95. The quantitative estimate of drug-likeness (QED) is 0.284. The third-order valence-electron chi connectivity index (χ3n) is 4.36. The van der Waals surface area contributed by atoms with Crippen molar-refractivity contribution in [2.24, 2.45) is 5.92 Å². The van der Waals surface area contributed by atoms with Crippen molar-refractivity contribution in [3.05, 3.63) is 57.6 Å². The molecule has 0 aromatic heterocycles. The Hall–Kier alpha value is -3.62. The average Bonchev–Trinajstić information content (AvgIpc) is 2.66. The van der Waals surface area contributed by atoms with E-state index in [1.54, 1.807) is 0 Å². The molecule has 0 fully saturated rings. The normalized spacial score (nSPS) is 18.2. The summed E-state index contributed by atoms with van der Waals surface area (Å²) in [6, 6.07) is 8.09. The van der Waals surface area contributed by atoms with E-state index in [1.807, 2.05) is 0 Å². The van der Waals surface area contributed by atoms with Crippen molar-refractivity contribution in [1.82, 2.24) is 0 Å². The van der Waals surface area contributed by atoms with Crippen LogP contribution in [0.2, 0.25) is 0 Å². The Kier molecular flexibility index (Phi) is 4.68. The van der Waals surface area contributed by atoms with Gasteiger partial charge in [0.15, 0.2) is 5.92 Å². The Morgan fingerprint density at radius 1 is 1.22 bits per heavy atom. The number of nitro benzene ring substituents is 1. The van der Waals surface area contributed by atoms with E-state index >= 15 is 0 Å². The lowest BCUT2D eigenvalue weighted by Crippen LogP contribution is -2.38. The van der Waals surface area contributed by atoms with E-state index in [9.17, 15) is 24.8 Å². The first-order valence-corrected chi connectivity index (χ1v) is 7.82. The summed E-state index contributed by atoms with van der Waals surface area (Å²) in [6.45, 7) is 0. The van der Waals surface area contributed by atoms with E-state index in [0.29, 0.717) is 5.56 Å². The van der Waals surface area contributed by atoms with Crippen LogP contribution in [0.25, 0.3) is 0 Å². The Morgan fingerprint density at radius 2 is 1.89 bits per heavy atom. The van der Waals surface area contributed by atoms with E-state index in [1.165, 1.54) is 43.5 Å². The first kappa shape index (κ1) is 18.2. The Labute approximate surface area is 153 Å². The monoisotopic (exact) mass is 373 g/mol. The van der Waals surface area contributed by atoms with Crippen LogP contribution in [0.4, 0.5) is 5.69 Å². The van der Waals surface area contributed by atoms with E-state index in [0.717, 1.165) is 7.11 Å². The van der Waals surface area contributed by atoms with Crippen LogP contribution < -0.4 is 9.47 Å². The van der Waals surface area contributed by atoms with E-state index in [2.05, 4.69) is 0 Å². The van der Waals surface area contributed by atoms with Crippen LogP contribution in [0.5, 0.6) is 17.2 Å². The summed E-state index contributed by atoms with van der Waals surface area (Å²) >= 11 is 0. The molecule has 0 saturated carbocycles. The molecule has 1 heterocycles. The lowest BCUT2D eigenvalue weighted by atomic mass is 9.78. The van der Waals surface area contributed by atoms with Crippen LogP contribution in [0.15, 0.2) is 36.4 Å². The minimum Gasteiger partial charge on any atom is -0.507 e. The number of non-ortho nitro benzene ring substituents is 1. The van der Waals surface area contributed by atoms with Gasteiger partial charge in [-0.1, -0.05) is 12.1 Å². The number of phenols is 1. The van der Waals surface area contributed by atoms with Crippen LogP contribution in [0, 0.1) is 16.0 Å². The SMILES string of the molecule is COC(=O)C1C(=O)Oc2cc(OC)cc(O)c2C1c1ccc([N+](=O)[O-])cc1. The summed E-state index contributed by atoms with van der Waals surface area (Å²) < 4.78 is 15.0. The average molecular weight is 373 g/mol. The molecule has 140 valence electrons. The van der Waals surface area contributed by atoms with Crippen LogP contribution >= 0.6 is 0 Å². The van der Waals surface area contributed by atoms with Gasteiger partial charge in [-0.2, -0.15) is 0 Å². The topological polar surface area (TPSA) is 125 Å². The molecule has 1 aliphatic rings. The highest BCUT2D eigenvalue weighted by molar-refractivity contribution is 5.99. The van der Waals surface area contributed by atoms with Gasteiger partial charge in [0.25, 0.3) is 5.69 Å². The summed E-state index contributed by atoms with van der Waals surface area (Å²) in [5.41, 5.74) is 0.458. The van der Waals surface area contributed by atoms with Crippen LogP contribution in [-0.4, -0.2) is 36.2 Å². The molecule has 2 atom stereocenters. The molecular formula is C18H15NO8. The summed E-state index contributed by atoms with van der Waals surface area (Å²) in [4.78, 5) is 35.0. The fourth-order valence-electron chi connectivity index (χ4n) is 3.10. The number of methoxy groups -OCH3 is 2. The van der Waals surface area contributed by atoms with Gasteiger partial charge in [-0.25, -0.2) is 0 Å². The number of nitrogens with zero attached hydrogens (tertiary/aromatic N) is 1. The van der Waals surface area contributed by atoms with Crippen molar-refractivity contribution in [1.29, 1.82) is 0 Å². The van der Waals surface area contributed by atoms with Gasteiger partial charge >= 0.3 is 11.9 Å². The number of hydrogen-bond donors (Lipinski definition) is 1. The van der Waals surface area contributed by atoms with Gasteiger partial charge in [-0.05, 0) is 5.56 Å². The second-order valence-corrected chi connectivity index (χ2v) is 5.81. The van der Waals surface area contributed by atoms with E-state index in [-0.39, 0.29) is 28.5 Å². The number of carbonyl (C=O) groups excluding carboxylic acids is 2. The van der Waals surface area contributed by atoms with Gasteiger partial charge < -0.3 is 19.3 Å². The van der Waals surface area contributed by atoms with Crippen molar-refractivity contribution in [2.75, 3.05) is 14.2 Å². The fraction of sp³-hybridized carbons (Fsp3) is 0.222. The Balaban J connectivity index is 2.21. The van der Waals surface area contributed by atoms with E-state index < -0.39 is 28.7 Å². The third-order valence-corrected chi connectivity index (χ3v) is 4.36. The molecule has 2 unspecified atom stereocenters. The molecule has 3 rings (SSSR count). The molecule has 2 aromatic rings. The fourth-order valence-corrected chi connectivity index (χ4v) is 3.10. The second kappa shape index (κ2) is 6.94. The van der Waals surface area contributed by atoms with Crippen molar-refractivity contribution < 1.29 is 33.8 Å². The van der Waals surface area contributed by atoms with Crippen molar-refractivity contribution in [3.63, 3.8) is 0 Å². The number of ether oxygens (including phenoxy) is 3. The molecule has 1 aliphatic heterocycles. The first-order valence-electron chi connectivity index (χ1n) is 7.82. The van der Waals surface area contributed by atoms with Gasteiger partial charge in [0.05, 0.1) is 19.1 Å². The van der Waals surface area contributed by atoms with Crippen molar-refractivity contribution in [3.8, 4) is 17.2 Å². The number of carbonyl (C=O) groups is 2. The van der Waals surface area contributed by atoms with Crippen molar-refractivity contribution >= 4 is 17.6 Å². The standard InChI is InChI=1S/C18H15NO8/c1-25-11-7-12(20)15-13(8-11)27-18(22)16(17(21)26-2)14(15)9-3-5-10(6-4-9)19(23)24/h3-8,14,16,20H,1-2H3. The molecule has 2 aromatic carbocycles. The summed E-state index contributed by atoms with van der Waals surface area (Å²) in [7, 11) is 2.52. The number of aromatic hydroxyl groups is 1. The van der Waals surface area contributed by atoms with Crippen molar-refractivity contribution in [2.45, 2.75) is 5.92 Å².